The molecule has 2 heterocycles. The topological polar surface area (TPSA) is 91.9 Å². The third kappa shape index (κ3) is 2.69. The molecule has 1 aliphatic heterocycles. The number of ether oxygens (including phenoxy) is 3. The van der Waals surface area contributed by atoms with Crippen LogP contribution in [0.5, 0.6) is 17.4 Å². The van der Waals surface area contributed by atoms with E-state index in [4.69, 9.17) is 26.4 Å². The third-order valence-corrected chi connectivity index (χ3v) is 5.06. The van der Waals surface area contributed by atoms with E-state index in [-0.39, 0.29) is 27.5 Å². The molecule has 0 fully saturated rings. The summed E-state index contributed by atoms with van der Waals surface area (Å²) in [5.74, 6) is -0.370. The highest BCUT2D eigenvalue weighted by Crippen LogP contribution is 2.45. The van der Waals surface area contributed by atoms with E-state index in [1.807, 2.05) is 0 Å². The molecule has 0 radical (unpaired) electrons. The molecule has 3 rings (SSSR count). The van der Waals surface area contributed by atoms with Gasteiger partial charge in [-0.1, -0.05) is 6.07 Å². The highest BCUT2D eigenvalue weighted by molar-refractivity contribution is 7.71. The molecule has 1 aromatic heterocycles. The number of cyclic esters (lactones) is 1. The minimum atomic E-state index is -1.06. The number of methoxy groups -OCH3 is 2. The molecule has 144 valence electrons. The van der Waals surface area contributed by atoms with Crippen molar-refractivity contribution in [3.63, 3.8) is 0 Å². The zero-order valence-electron chi connectivity index (χ0n) is 15.4. The number of esters is 1. The molecule has 0 unspecified atom stereocenters. The first-order chi connectivity index (χ1) is 12.9. The van der Waals surface area contributed by atoms with Crippen molar-refractivity contribution >= 4 is 18.2 Å². The molecule has 1 aliphatic rings. The molecule has 2 aromatic rings. The summed E-state index contributed by atoms with van der Waals surface area (Å²) in [4.78, 5) is 25.5. The Morgan fingerprint density at radius 3 is 2.37 bits per heavy atom. The maximum Gasteiger partial charge on any atom is 0.343 e. The lowest BCUT2D eigenvalue weighted by atomic mass is 9.99. The van der Waals surface area contributed by atoms with Crippen LogP contribution in [0.1, 0.15) is 41.4 Å². The Morgan fingerprint density at radius 1 is 1.15 bits per heavy atom. The van der Waals surface area contributed by atoms with Gasteiger partial charge in [0.15, 0.2) is 22.4 Å². The second-order valence-electron chi connectivity index (χ2n) is 5.86. The van der Waals surface area contributed by atoms with Crippen molar-refractivity contribution in [1.29, 1.82) is 0 Å². The van der Waals surface area contributed by atoms with E-state index in [9.17, 15) is 14.7 Å². The fourth-order valence-electron chi connectivity index (χ4n) is 3.32. The average molecular weight is 392 g/mol. The van der Waals surface area contributed by atoms with Gasteiger partial charge in [-0.25, -0.2) is 4.79 Å². The summed E-state index contributed by atoms with van der Waals surface area (Å²) < 4.78 is 19.0. The summed E-state index contributed by atoms with van der Waals surface area (Å²) in [5, 5.41) is 10.7. The Morgan fingerprint density at radius 2 is 1.81 bits per heavy atom. The number of benzene rings is 1. The number of nitrogens with zero attached hydrogens (tertiary/aromatic N) is 2. The van der Waals surface area contributed by atoms with Gasteiger partial charge in [-0.2, -0.15) is 0 Å². The lowest BCUT2D eigenvalue weighted by Crippen LogP contribution is -2.30. The average Bonchev–Trinajstić information content (AvgIpc) is 2.98. The number of hydrogen-bond donors (Lipinski definition) is 1. The number of fused-ring (bicyclic) bond motifs is 1. The Kier molecular flexibility index (Phi) is 4.97. The summed E-state index contributed by atoms with van der Waals surface area (Å²) in [6.45, 7) is 4.26. The molecule has 0 spiro atoms. The number of carbonyl (C=O) groups is 1. The molecule has 0 bridgehead atoms. The van der Waals surface area contributed by atoms with Gasteiger partial charge in [-0.3, -0.25) is 13.9 Å². The minimum Gasteiger partial charge on any atom is -0.494 e. The molecular weight excluding hydrogens is 372 g/mol. The van der Waals surface area contributed by atoms with Crippen LogP contribution in [0.2, 0.25) is 0 Å². The van der Waals surface area contributed by atoms with Crippen LogP contribution in [-0.2, 0) is 17.8 Å². The summed E-state index contributed by atoms with van der Waals surface area (Å²) >= 11 is 5.29. The molecule has 9 heteroatoms. The number of aromatic nitrogens is 2. The predicted molar refractivity (Wildman–Crippen MR) is 99.3 cm³/mol. The van der Waals surface area contributed by atoms with Gasteiger partial charge < -0.3 is 19.3 Å². The van der Waals surface area contributed by atoms with Crippen molar-refractivity contribution in [1.82, 2.24) is 9.13 Å². The maximum atomic E-state index is 13.0. The second kappa shape index (κ2) is 7.07. The van der Waals surface area contributed by atoms with Gasteiger partial charge in [0.05, 0.1) is 14.2 Å². The molecule has 1 N–H and O–H groups in total. The lowest BCUT2D eigenvalue weighted by Gasteiger charge is -2.19. The van der Waals surface area contributed by atoms with Gasteiger partial charge in [-0.05, 0) is 32.1 Å². The first kappa shape index (κ1) is 19.0. The SMILES string of the molecule is CCn1c(O)c([C@@H]2OC(=O)c3c2ccc(OC)c3OC)c(=O)n(CC)c1=S. The molecule has 1 atom stereocenters. The van der Waals surface area contributed by atoms with Gasteiger partial charge in [0.1, 0.15) is 11.1 Å². The highest BCUT2D eigenvalue weighted by atomic mass is 32.1. The first-order valence-corrected chi connectivity index (χ1v) is 8.84. The zero-order valence-corrected chi connectivity index (χ0v) is 16.3. The summed E-state index contributed by atoms with van der Waals surface area (Å²) in [5.41, 5.74) is 0.0680. The fraction of sp³-hybridized carbons (Fsp3) is 0.389. The van der Waals surface area contributed by atoms with Crippen LogP contribution in [-0.4, -0.2) is 34.4 Å². The van der Waals surface area contributed by atoms with E-state index in [2.05, 4.69) is 0 Å². The van der Waals surface area contributed by atoms with Gasteiger partial charge >= 0.3 is 5.97 Å². The standard InChI is InChI=1S/C18H20N2O6S/c1-5-19-15(21)12(16(22)20(6-2)18(19)27)13-9-7-8-10(24-3)14(25-4)11(9)17(23)26-13/h7-8,13,21H,5-6H2,1-4H3/t13-/m1/s1. The van der Waals surface area contributed by atoms with Crippen LogP contribution in [0, 0.1) is 4.77 Å². The van der Waals surface area contributed by atoms with E-state index in [1.54, 1.807) is 26.0 Å². The minimum absolute atomic E-state index is 0.0355. The maximum absolute atomic E-state index is 13.0. The smallest absolute Gasteiger partial charge is 0.343 e. The normalized spacial score (nSPS) is 15.4. The van der Waals surface area contributed by atoms with Crippen LogP contribution in [0.15, 0.2) is 16.9 Å². The van der Waals surface area contributed by atoms with Crippen LogP contribution in [0.4, 0.5) is 0 Å². The molecular formula is C18H20N2O6S. The van der Waals surface area contributed by atoms with Crippen LogP contribution in [0.25, 0.3) is 0 Å². The summed E-state index contributed by atoms with van der Waals surface area (Å²) in [6.07, 6.45) is -1.06. The zero-order chi connectivity index (χ0) is 19.9. The number of aromatic hydroxyl groups is 1. The Bertz CT molecular complexity index is 1040. The van der Waals surface area contributed by atoms with Crippen molar-refractivity contribution in [2.75, 3.05) is 14.2 Å². The van der Waals surface area contributed by atoms with Crippen molar-refractivity contribution in [3.8, 4) is 17.4 Å². The number of hydrogen-bond acceptors (Lipinski definition) is 7. The van der Waals surface area contributed by atoms with E-state index in [0.717, 1.165) is 0 Å². The Hall–Kier alpha value is -2.81. The van der Waals surface area contributed by atoms with E-state index < -0.39 is 17.6 Å². The van der Waals surface area contributed by atoms with Crippen molar-refractivity contribution in [2.24, 2.45) is 0 Å². The summed E-state index contributed by atoms with van der Waals surface area (Å²) in [6, 6.07) is 3.25. The van der Waals surface area contributed by atoms with Crippen molar-refractivity contribution in [2.45, 2.75) is 33.0 Å². The molecule has 0 saturated heterocycles. The molecule has 8 nitrogen and oxygen atoms in total. The molecule has 27 heavy (non-hydrogen) atoms. The first-order valence-electron chi connectivity index (χ1n) is 8.43. The quantitative estimate of drug-likeness (QED) is 0.617. The molecule has 0 saturated carbocycles. The molecule has 1 aromatic carbocycles. The molecule has 0 amide bonds. The highest BCUT2D eigenvalue weighted by Gasteiger charge is 2.40. The second-order valence-corrected chi connectivity index (χ2v) is 6.23. The van der Waals surface area contributed by atoms with E-state index in [0.29, 0.717) is 24.4 Å². The largest absolute Gasteiger partial charge is 0.494 e. The van der Waals surface area contributed by atoms with Crippen LogP contribution in [0.3, 0.4) is 0 Å². The fourth-order valence-corrected chi connectivity index (χ4v) is 3.75. The summed E-state index contributed by atoms with van der Waals surface area (Å²) in [7, 11) is 2.87. The third-order valence-electron chi connectivity index (χ3n) is 4.62. The Labute approximate surface area is 160 Å². The molecule has 0 aliphatic carbocycles. The van der Waals surface area contributed by atoms with E-state index >= 15 is 0 Å². The predicted octanol–water partition coefficient (Wildman–Crippen LogP) is 2.40. The monoisotopic (exact) mass is 392 g/mol. The lowest BCUT2D eigenvalue weighted by molar-refractivity contribution is 0.0445. The Balaban J connectivity index is 2.33. The van der Waals surface area contributed by atoms with Gasteiger partial charge in [0.2, 0.25) is 5.88 Å². The van der Waals surface area contributed by atoms with Crippen molar-refractivity contribution in [3.05, 3.63) is 43.9 Å². The van der Waals surface area contributed by atoms with Crippen LogP contribution < -0.4 is 15.0 Å². The number of carbonyl (C=O) groups excluding carboxylic acids is 1. The number of rotatable bonds is 5. The van der Waals surface area contributed by atoms with Gasteiger partial charge in [0, 0.05) is 18.7 Å². The van der Waals surface area contributed by atoms with Gasteiger partial charge in [0.25, 0.3) is 5.56 Å². The van der Waals surface area contributed by atoms with Crippen LogP contribution >= 0.6 is 12.2 Å². The van der Waals surface area contributed by atoms with E-state index in [1.165, 1.54) is 23.4 Å². The van der Waals surface area contributed by atoms with Gasteiger partial charge in [-0.15, -0.1) is 0 Å². The van der Waals surface area contributed by atoms with Crippen molar-refractivity contribution < 1.29 is 24.1 Å².